The van der Waals surface area contributed by atoms with Crippen molar-refractivity contribution in [3.05, 3.63) is 27.9 Å². The zero-order chi connectivity index (χ0) is 11.9. The van der Waals surface area contributed by atoms with Crippen molar-refractivity contribution >= 4 is 32.6 Å². The van der Waals surface area contributed by atoms with Crippen molar-refractivity contribution in [3.8, 4) is 5.75 Å². The summed E-state index contributed by atoms with van der Waals surface area (Å²) >= 11 is 3.47. The van der Waals surface area contributed by atoms with E-state index in [1.54, 1.807) is 14.0 Å². The number of carbonyl (C=O) groups is 1. The first-order valence-corrected chi connectivity index (χ1v) is 5.71. The van der Waals surface area contributed by atoms with Crippen molar-refractivity contribution in [3.63, 3.8) is 0 Å². The fraction of sp³-hybridized carbons (Fsp3) is 0.250. The number of halogens is 1. The third-order valence-corrected chi connectivity index (χ3v) is 3.49. The number of fused-ring (bicyclic) bond motifs is 1. The lowest BCUT2D eigenvalue weighted by molar-refractivity contribution is 0.101. The molecule has 0 saturated carbocycles. The van der Waals surface area contributed by atoms with E-state index in [4.69, 9.17) is 4.74 Å². The van der Waals surface area contributed by atoms with E-state index in [0.29, 0.717) is 5.69 Å². The van der Waals surface area contributed by atoms with Crippen LogP contribution >= 0.6 is 15.9 Å². The molecule has 0 amide bonds. The molecule has 16 heavy (non-hydrogen) atoms. The van der Waals surface area contributed by atoms with Gasteiger partial charge in [-0.15, -0.1) is 0 Å². The van der Waals surface area contributed by atoms with Crippen LogP contribution in [0.2, 0.25) is 0 Å². The molecule has 0 bridgehead atoms. The fourth-order valence-corrected chi connectivity index (χ4v) is 2.46. The molecule has 1 aromatic carbocycles. The molecule has 0 aliphatic carbocycles. The van der Waals surface area contributed by atoms with Crippen LogP contribution in [0, 0.1) is 6.92 Å². The van der Waals surface area contributed by atoms with Gasteiger partial charge in [-0.2, -0.15) is 0 Å². The van der Waals surface area contributed by atoms with Gasteiger partial charge in [0.2, 0.25) is 0 Å². The highest BCUT2D eigenvalue weighted by atomic mass is 79.9. The van der Waals surface area contributed by atoms with Gasteiger partial charge in [-0.1, -0.05) is 0 Å². The number of hydrogen-bond acceptors (Lipinski definition) is 2. The lowest BCUT2D eigenvalue weighted by Crippen LogP contribution is -1.93. The minimum atomic E-state index is 0.0413. The van der Waals surface area contributed by atoms with Crippen LogP contribution in [0.25, 0.3) is 10.9 Å². The van der Waals surface area contributed by atoms with Gasteiger partial charge in [-0.25, -0.2) is 0 Å². The molecule has 0 saturated heterocycles. The third-order valence-electron chi connectivity index (χ3n) is 2.71. The summed E-state index contributed by atoms with van der Waals surface area (Å²) in [6, 6.07) is 3.84. The Bertz CT molecular complexity index is 572. The minimum absolute atomic E-state index is 0.0413. The Morgan fingerprint density at radius 2 is 2.12 bits per heavy atom. The maximum Gasteiger partial charge on any atom is 0.176 e. The maximum atomic E-state index is 11.4. The number of ketones is 1. The van der Waals surface area contributed by atoms with E-state index in [1.165, 1.54) is 0 Å². The number of aromatic amines is 1. The fourth-order valence-electron chi connectivity index (χ4n) is 1.85. The van der Waals surface area contributed by atoms with Gasteiger partial charge in [-0.3, -0.25) is 4.79 Å². The normalized spacial score (nSPS) is 10.8. The molecule has 1 N–H and O–H groups in total. The Morgan fingerprint density at radius 3 is 2.69 bits per heavy atom. The molecular weight excluding hydrogens is 270 g/mol. The van der Waals surface area contributed by atoms with E-state index in [-0.39, 0.29) is 5.78 Å². The predicted molar refractivity (Wildman–Crippen MR) is 67.3 cm³/mol. The molecule has 4 heteroatoms. The number of hydrogen-bond donors (Lipinski definition) is 1. The molecule has 84 valence electrons. The monoisotopic (exact) mass is 281 g/mol. The number of carbonyl (C=O) groups excluding carboxylic acids is 1. The standard InChI is InChI=1S/C12H12BrNO2/c1-6-8-4-5-9(16-3)10(13)12(8)14-11(6)7(2)15/h4-5,14H,1-3H3. The van der Waals surface area contributed by atoms with Crippen LogP contribution in [-0.4, -0.2) is 17.9 Å². The molecule has 2 rings (SSSR count). The van der Waals surface area contributed by atoms with Gasteiger partial charge in [0.25, 0.3) is 0 Å². The molecule has 3 nitrogen and oxygen atoms in total. The first-order valence-electron chi connectivity index (χ1n) is 4.92. The van der Waals surface area contributed by atoms with Crippen molar-refractivity contribution in [1.29, 1.82) is 0 Å². The van der Waals surface area contributed by atoms with E-state index >= 15 is 0 Å². The summed E-state index contributed by atoms with van der Waals surface area (Å²) in [5.74, 6) is 0.795. The van der Waals surface area contributed by atoms with E-state index in [1.807, 2.05) is 19.1 Å². The molecule has 0 spiro atoms. The van der Waals surface area contributed by atoms with Gasteiger partial charge < -0.3 is 9.72 Å². The number of rotatable bonds is 2. The largest absolute Gasteiger partial charge is 0.495 e. The summed E-state index contributed by atoms with van der Waals surface area (Å²) in [5.41, 5.74) is 2.54. The van der Waals surface area contributed by atoms with Crippen LogP contribution in [0.1, 0.15) is 23.0 Å². The molecule has 2 aromatic rings. The van der Waals surface area contributed by atoms with Crippen LogP contribution in [0.15, 0.2) is 16.6 Å². The van der Waals surface area contributed by atoms with Crippen LogP contribution in [-0.2, 0) is 0 Å². The maximum absolute atomic E-state index is 11.4. The van der Waals surface area contributed by atoms with E-state index in [2.05, 4.69) is 20.9 Å². The highest BCUT2D eigenvalue weighted by Gasteiger charge is 2.14. The number of H-pyrrole nitrogens is 1. The Morgan fingerprint density at radius 1 is 1.44 bits per heavy atom. The van der Waals surface area contributed by atoms with Crippen LogP contribution in [0.5, 0.6) is 5.75 Å². The van der Waals surface area contributed by atoms with Gasteiger partial charge in [0, 0.05) is 12.3 Å². The lowest BCUT2D eigenvalue weighted by atomic mass is 10.1. The molecule has 0 atom stereocenters. The molecule has 0 aliphatic heterocycles. The van der Waals surface area contributed by atoms with Crippen LogP contribution < -0.4 is 4.74 Å². The zero-order valence-electron chi connectivity index (χ0n) is 9.35. The lowest BCUT2D eigenvalue weighted by Gasteiger charge is -2.03. The summed E-state index contributed by atoms with van der Waals surface area (Å²) in [5, 5.41) is 1.04. The molecule has 0 aliphatic rings. The summed E-state index contributed by atoms with van der Waals surface area (Å²) in [7, 11) is 1.62. The van der Waals surface area contributed by atoms with Gasteiger partial charge >= 0.3 is 0 Å². The highest BCUT2D eigenvalue weighted by Crippen LogP contribution is 2.35. The Balaban J connectivity index is 2.81. The predicted octanol–water partition coefficient (Wildman–Crippen LogP) is 3.45. The quantitative estimate of drug-likeness (QED) is 0.857. The van der Waals surface area contributed by atoms with E-state index in [9.17, 15) is 4.79 Å². The molecule has 0 radical (unpaired) electrons. The Labute approximate surface area is 102 Å². The third kappa shape index (κ3) is 1.53. The first-order chi connectivity index (χ1) is 7.56. The number of Topliss-reactive ketones (excluding diaryl/α,β-unsaturated/α-hetero) is 1. The van der Waals surface area contributed by atoms with Crippen molar-refractivity contribution < 1.29 is 9.53 Å². The Kier molecular flexibility index (Phi) is 2.76. The molecule has 1 heterocycles. The van der Waals surface area contributed by atoms with Gasteiger partial charge in [0.1, 0.15) is 5.75 Å². The SMILES string of the molecule is COc1ccc2c(C)c(C(C)=O)[nH]c2c1Br. The minimum Gasteiger partial charge on any atom is -0.495 e. The summed E-state index contributed by atoms with van der Waals surface area (Å²) in [6.45, 7) is 3.50. The van der Waals surface area contributed by atoms with Crippen molar-refractivity contribution in [2.24, 2.45) is 0 Å². The van der Waals surface area contributed by atoms with Crippen LogP contribution in [0.3, 0.4) is 0 Å². The van der Waals surface area contributed by atoms with E-state index < -0.39 is 0 Å². The van der Waals surface area contributed by atoms with Crippen molar-refractivity contribution in [1.82, 2.24) is 4.98 Å². The number of benzene rings is 1. The first kappa shape index (κ1) is 11.2. The van der Waals surface area contributed by atoms with Crippen LogP contribution in [0.4, 0.5) is 0 Å². The molecular formula is C12H12BrNO2. The second kappa shape index (κ2) is 3.94. The molecule has 0 fully saturated rings. The van der Waals surface area contributed by atoms with Gasteiger partial charge in [-0.05, 0) is 40.5 Å². The second-order valence-electron chi connectivity index (χ2n) is 3.69. The number of aromatic nitrogens is 1. The Hall–Kier alpha value is -1.29. The topological polar surface area (TPSA) is 42.1 Å². The molecule has 1 aromatic heterocycles. The average Bonchev–Trinajstić information content (AvgIpc) is 2.58. The van der Waals surface area contributed by atoms with Gasteiger partial charge in [0.15, 0.2) is 5.78 Å². The average molecular weight is 282 g/mol. The second-order valence-corrected chi connectivity index (χ2v) is 4.48. The highest BCUT2D eigenvalue weighted by molar-refractivity contribution is 9.10. The number of ether oxygens (including phenoxy) is 1. The smallest absolute Gasteiger partial charge is 0.176 e. The number of nitrogens with one attached hydrogen (secondary N) is 1. The summed E-state index contributed by atoms with van der Waals surface area (Å²) in [4.78, 5) is 14.6. The molecule has 0 unspecified atom stereocenters. The number of aryl methyl sites for hydroxylation is 1. The summed E-state index contributed by atoms with van der Waals surface area (Å²) < 4.78 is 6.06. The number of methoxy groups -OCH3 is 1. The zero-order valence-corrected chi connectivity index (χ0v) is 10.9. The van der Waals surface area contributed by atoms with Crippen molar-refractivity contribution in [2.45, 2.75) is 13.8 Å². The van der Waals surface area contributed by atoms with Gasteiger partial charge in [0.05, 0.1) is 22.8 Å². The van der Waals surface area contributed by atoms with E-state index in [0.717, 1.165) is 26.7 Å². The van der Waals surface area contributed by atoms with Crippen molar-refractivity contribution in [2.75, 3.05) is 7.11 Å². The summed E-state index contributed by atoms with van der Waals surface area (Å²) in [6.07, 6.45) is 0.